The third-order valence-corrected chi connectivity index (χ3v) is 4.44. The smallest absolute Gasteiger partial charge is 0.297 e. The topological polar surface area (TPSA) is 92.1 Å². The summed E-state index contributed by atoms with van der Waals surface area (Å²) < 4.78 is 84.5. The van der Waals surface area contributed by atoms with Gasteiger partial charge >= 0.3 is 6.18 Å². The molecule has 0 aliphatic heterocycles. The third kappa shape index (κ3) is 3.64. The average molecular weight is 362 g/mol. The van der Waals surface area contributed by atoms with Gasteiger partial charge in [-0.05, 0) is 31.0 Å². The molecular weight excluding hydrogens is 347 g/mol. The van der Waals surface area contributed by atoms with Crippen LogP contribution in [0.15, 0.2) is 23.1 Å². The summed E-state index contributed by atoms with van der Waals surface area (Å²) in [7, 11) is -5.35. The van der Waals surface area contributed by atoms with Gasteiger partial charge in [-0.25, -0.2) is 8.42 Å². The lowest BCUT2D eigenvalue weighted by molar-refractivity contribution is -0.137. The molecule has 1 unspecified atom stereocenters. The van der Waals surface area contributed by atoms with Gasteiger partial charge in [-0.2, -0.15) is 18.4 Å². The van der Waals surface area contributed by atoms with Crippen molar-refractivity contribution in [3.63, 3.8) is 0 Å². The minimum Gasteiger partial charge on any atom is -0.297 e. The summed E-state index contributed by atoms with van der Waals surface area (Å²) in [5.74, 6) is -4.57. The molecule has 1 fully saturated rings. The predicted octanol–water partition coefficient (Wildman–Crippen LogP) is 2.41. The van der Waals surface area contributed by atoms with E-state index in [4.69, 9.17) is 9.37 Å². The summed E-state index contributed by atoms with van der Waals surface area (Å²) in [5.41, 5.74) is -2.41. The number of nitrogens with zero attached hydrogens (tertiary/aromatic N) is 1. The SMILES string of the molecule is [2H]C([2H])([2H])S(=O)(=O)c1cc(C(F)(F)F)ccc1C(=O)C(C#N)C(=O)C1CC1. The lowest BCUT2D eigenvalue weighted by Gasteiger charge is -2.13. The number of carbonyl (C=O) groups excluding carboxylic acids is 2. The van der Waals surface area contributed by atoms with Gasteiger partial charge in [-0.3, -0.25) is 9.59 Å². The summed E-state index contributed by atoms with van der Waals surface area (Å²) >= 11 is 0. The van der Waals surface area contributed by atoms with Crippen molar-refractivity contribution >= 4 is 21.4 Å². The second kappa shape index (κ2) is 6.02. The monoisotopic (exact) mass is 362 g/mol. The van der Waals surface area contributed by atoms with Crippen LogP contribution in [0, 0.1) is 23.2 Å². The molecule has 24 heavy (non-hydrogen) atoms. The fourth-order valence-corrected chi connectivity index (χ4v) is 2.88. The van der Waals surface area contributed by atoms with E-state index in [0.717, 1.165) is 0 Å². The van der Waals surface area contributed by atoms with E-state index in [0.29, 0.717) is 25.0 Å². The van der Waals surface area contributed by atoms with Crippen molar-refractivity contribution in [2.75, 3.05) is 6.18 Å². The molecule has 0 spiro atoms. The highest BCUT2D eigenvalue weighted by molar-refractivity contribution is 7.90. The van der Waals surface area contributed by atoms with E-state index in [2.05, 4.69) is 0 Å². The number of benzene rings is 1. The highest BCUT2D eigenvalue weighted by atomic mass is 32.2. The van der Waals surface area contributed by atoms with E-state index in [1.54, 1.807) is 0 Å². The molecule has 1 aliphatic carbocycles. The van der Waals surface area contributed by atoms with Crippen molar-refractivity contribution in [3.8, 4) is 6.07 Å². The molecule has 5 nitrogen and oxygen atoms in total. The maximum Gasteiger partial charge on any atom is 0.416 e. The molecule has 1 aromatic rings. The largest absolute Gasteiger partial charge is 0.416 e. The van der Waals surface area contributed by atoms with E-state index < -0.39 is 61.6 Å². The van der Waals surface area contributed by atoms with Gasteiger partial charge in [0, 0.05) is 21.8 Å². The van der Waals surface area contributed by atoms with Crippen molar-refractivity contribution in [1.29, 1.82) is 5.26 Å². The first-order valence-corrected chi connectivity index (χ1v) is 8.13. The quantitative estimate of drug-likeness (QED) is 0.592. The Morgan fingerprint density at radius 2 is 2.00 bits per heavy atom. The second-order valence-corrected chi connectivity index (χ2v) is 6.76. The maximum atomic E-state index is 12.9. The van der Waals surface area contributed by atoms with Gasteiger partial charge in [0.05, 0.1) is 16.5 Å². The van der Waals surface area contributed by atoms with Crippen molar-refractivity contribution in [3.05, 3.63) is 29.3 Å². The van der Waals surface area contributed by atoms with Crippen LogP contribution in [-0.2, 0) is 20.8 Å². The van der Waals surface area contributed by atoms with Gasteiger partial charge in [-0.1, -0.05) is 0 Å². The lowest BCUT2D eigenvalue weighted by atomic mass is 9.92. The van der Waals surface area contributed by atoms with Gasteiger partial charge in [0.1, 0.15) is 0 Å². The van der Waals surface area contributed by atoms with Crippen LogP contribution in [0.4, 0.5) is 13.2 Å². The molecule has 1 aliphatic rings. The van der Waals surface area contributed by atoms with Crippen LogP contribution in [0.3, 0.4) is 0 Å². The second-order valence-electron chi connectivity index (χ2n) is 5.32. The zero-order valence-electron chi connectivity index (χ0n) is 14.9. The third-order valence-electron chi connectivity index (χ3n) is 3.52. The number of sulfone groups is 1. The average Bonchev–Trinajstić information content (AvgIpc) is 3.37. The Morgan fingerprint density at radius 1 is 1.38 bits per heavy atom. The maximum absolute atomic E-state index is 12.9. The van der Waals surface area contributed by atoms with Gasteiger partial charge in [-0.15, -0.1) is 0 Å². The molecular formula is C15H12F3NO4S. The fourth-order valence-electron chi connectivity index (χ4n) is 2.14. The number of halogens is 3. The number of nitriles is 1. The van der Waals surface area contributed by atoms with Gasteiger partial charge in [0.15, 0.2) is 27.3 Å². The Morgan fingerprint density at radius 3 is 2.46 bits per heavy atom. The molecule has 0 N–H and O–H groups in total. The standard InChI is InChI=1S/C15H12F3NO4S/c1-24(22,23)12-6-9(15(16,17)18)4-5-10(12)14(21)11(7-19)13(20)8-2-3-8/h4-6,8,11H,2-3H2,1H3/i1D3. The molecule has 1 saturated carbocycles. The summed E-state index contributed by atoms with van der Waals surface area (Å²) in [5, 5.41) is 9.11. The first-order valence-electron chi connectivity index (χ1n) is 8.15. The minimum absolute atomic E-state index is 0.0327. The van der Waals surface area contributed by atoms with Crippen molar-refractivity contribution in [2.24, 2.45) is 11.8 Å². The van der Waals surface area contributed by atoms with Gasteiger partial charge < -0.3 is 0 Å². The molecule has 2 rings (SSSR count). The summed E-state index contributed by atoms with van der Waals surface area (Å²) in [6.07, 6.45) is -7.86. The number of carbonyl (C=O) groups is 2. The zero-order valence-corrected chi connectivity index (χ0v) is 12.7. The number of ketones is 2. The molecule has 1 aromatic carbocycles. The Hall–Kier alpha value is -2.21. The van der Waals surface area contributed by atoms with Crippen LogP contribution >= 0.6 is 0 Å². The number of hydrogen-bond donors (Lipinski definition) is 0. The Bertz CT molecular complexity index is 945. The van der Waals surface area contributed by atoms with Crippen LogP contribution in [0.5, 0.6) is 0 Å². The number of rotatable bonds is 5. The minimum atomic E-state index is -5.35. The van der Waals surface area contributed by atoms with Crippen LogP contribution in [-0.4, -0.2) is 26.2 Å². The summed E-state index contributed by atoms with van der Waals surface area (Å²) in [4.78, 5) is 23.2. The Kier molecular flexibility index (Phi) is 3.55. The Balaban J connectivity index is 2.67. The molecule has 0 heterocycles. The first kappa shape index (κ1) is 14.2. The number of hydrogen-bond acceptors (Lipinski definition) is 5. The van der Waals surface area contributed by atoms with E-state index >= 15 is 0 Å². The summed E-state index contributed by atoms with van der Waals surface area (Å²) in [6.45, 7) is 0. The van der Waals surface area contributed by atoms with Crippen LogP contribution in [0.1, 0.15) is 32.9 Å². The highest BCUT2D eigenvalue weighted by Gasteiger charge is 2.40. The Labute approximate surface area is 140 Å². The predicted molar refractivity (Wildman–Crippen MR) is 75.7 cm³/mol. The van der Waals surface area contributed by atoms with E-state index in [9.17, 15) is 31.2 Å². The van der Waals surface area contributed by atoms with Crippen molar-refractivity contribution in [1.82, 2.24) is 0 Å². The zero-order chi connectivity index (χ0) is 20.8. The van der Waals surface area contributed by atoms with Gasteiger partial charge in [0.2, 0.25) is 0 Å². The summed E-state index contributed by atoms with van der Waals surface area (Å²) in [6, 6.07) is 2.33. The number of alkyl halides is 3. The molecule has 0 aromatic heterocycles. The van der Waals surface area contributed by atoms with Crippen LogP contribution < -0.4 is 0 Å². The molecule has 9 heteroatoms. The molecule has 0 saturated heterocycles. The fraction of sp³-hybridized carbons (Fsp3) is 0.400. The van der Waals surface area contributed by atoms with E-state index in [-0.39, 0.29) is 6.07 Å². The van der Waals surface area contributed by atoms with Gasteiger partial charge in [0.25, 0.3) is 0 Å². The molecule has 1 atom stereocenters. The van der Waals surface area contributed by atoms with Crippen molar-refractivity contribution in [2.45, 2.75) is 23.9 Å². The molecule has 0 bridgehead atoms. The first-order chi connectivity index (χ1) is 12.2. The molecule has 0 radical (unpaired) electrons. The highest BCUT2D eigenvalue weighted by Crippen LogP contribution is 2.35. The molecule has 128 valence electrons. The van der Waals surface area contributed by atoms with E-state index in [1.165, 1.54) is 6.07 Å². The van der Waals surface area contributed by atoms with Crippen LogP contribution in [0.2, 0.25) is 0 Å². The van der Waals surface area contributed by atoms with E-state index in [1.807, 2.05) is 0 Å². The molecule has 0 amide bonds. The number of Topliss-reactive ketones (excluding diaryl/α,β-unsaturated/α-hetero) is 2. The normalized spacial score (nSPS) is 18.7. The van der Waals surface area contributed by atoms with Crippen LogP contribution in [0.25, 0.3) is 0 Å². The van der Waals surface area contributed by atoms with Crippen molar-refractivity contribution < 1.29 is 35.3 Å². The lowest BCUT2D eigenvalue weighted by Crippen LogP contribution is -2.26.